The smallest absolute Gasteiger partial charge is 0.0702 e. The molecule has 2 fully saturated rings. The Bertz CT molecular complexity index is 438. The predicted molar refractivity (Wildman–Crippen MR) is 76.9 cm³/mol. The third-order valence-electron chi connectivity index (χ3n) is 4.15. The average molecular weight is 311 g/mol. The van der Waals surface area contributed by atoms with Crippen molar-refractivity contribution in [3.8, 4) is 0 Å². The van der Waals surface area contributed by atoms with Gasteiger partial charge in [0, 0.05) is 41.4 Å². The molecular formula is C14H19BrN2O. The highest BCUT2D eigenvalue weighted by Crippen LogP contribution is 2.30. The fraction of sp³-hybridized carbons (Fsp3) is 0.571. The molecule has 1 unspecified atom stereocenters. The predicted octanol–water partition coefficient (Wildman–Crippen LogP) is 2.23. The third kappa shape index (κ3) is 2.29. The maximum Gasteiger partial charge on any atom is 0.0702 e. The zero-order valence-corrected chi connectivity index (χ0v) is 12.1. The van der Waals surface area contributed by atoms with E-state index in [4.69, 9.17) is 0 Å². The zero-order chi connectivity index (χ0) is 12.5. The number of benzene rings is 1. The number of rotatable bonds is 2. The molecule has 2 saturated heterocycles. The topological polar surface area (TPSA) is 26.7 Å². The number of halogens is 1. The van der Waals surface area contributed by atoms with Crippen LogP contribution in [0.3, 0.4) is 0 Å². The van der Waals surface area contributed by atoms with Crippen LogP contribution in [0.4, 0.5) is 5.69 Å². The van der Waals surface area contributed by atoms with Crippen LogP contribution in [0, 0.1) is 0 Å². The van der Waals surface area contributed by atoms with E-state index in [0.717, 1.165) is 29.7 Å². The molecule has 18 heavy (non-hydrogen) atoms. The second kappa shape index (κ2) is 5.19. The summed E-state index contributed by atoms with van der Waals surface area (Å²) in [7, 11) is 0. The number of aliphatic hydroxyl groups excluding tert-OH is 1. The van der Waals surface area contributed by atoms with Crippen LogP contribution in [0.25, 0.3) is 0 Å². The summed E-state index contributed by atoms with van der Waals surface area (Å²) >= 11 is 3.53. The molecular weight excluding hydrogens is 292 g/mol. The van der Waals surface area contributed by atoms with Gasteiger partial charge in [-0.25, -0.2) is 0 Å². The Hall–Kier alpha value is -0.580. The second-order valence-corrected chi connectivity index (χ2v) is 6.12. The quantitative estimate of drug-likeness (QED) is 0.907. The summed E-state index contributed by atoms with van der Waals surface area (Å²) in [6.45, 7) is 4.71. The summed E-state index contributed by atoms with van der Waals surface area (Å²) < 4.78 is 1.09. The van der Waals surface area contributed by atoms with E-state index in [9.17, 15) is 5.11 Å². The second-order valence-electron chi connectivity index (χ2n) is 5.21. The summed E-state index contributed by atoms with van der Waals surface area (Å²) in [6.07, 6.45) is 2.66. The Kier molecular flexibility index (Phi) is 3.59. The number of nitrogens with zero attached hydrogens (tertiary/aromatic N) is 2. The Morgan fingerprint density at radius 2 is 2.17 bits per heavy atom. The number of aliphatic hydroxyl groups is 1. The van der Waals surface area contributed by atoms with Crippen LogP contribution in [-0.2, 0) is 6.61 Å². The SMILES string of the molecule is OCc1ccc(Br)cc1N1CCN2CCCC2C1. The molecule has 0 aliphatic carbocycles. The van der Waals surface area contributed by atoms with E-state index in [1.807, 2.05) is 12.1 Å². The molecule has 0 radical (unpaired) electrons. The number of fused-ring (bicyclic) bond motifs is 1. The zero-order valence-electron chi connectivity index (χ0n) is 10.5. The molecule has 0 bridgehead atoms. The van der Waals surface area contributed by atoms with Gasteiger partial charge < -0.3 is 10.0 Å². The number of anilines is 1. The highest BCUT2D eigenvalue weighted by Gasteiger charge is 2.31. The molecule has 3 nitrogen and oxygen atoms in total. The first-order valence-electron chi connectivity index (χ1n) is 6.66. The molecule has 2 heterocycles. The number of hydrogen-bond acceptors (Lipinski definition) is 3. The molecule has 2 aliphatic rings. The van der Waals surface area contributed by atoms with Gasteiger partial charge in [-0.3, -0.25) is 4.90 Å². The van der Waals surface area contributed by atoms with Crippen LogP contribution >= 0.6 is 15.9 Å². The van der Waals surface area contributed by atoms with Crippen molar-refractivity contribution < 1.29 is 5.11 Å². The van der Waals surface area contributed by atoms with E-state index in [-0.39, 0.29) is 6.61 Å². The molecule has 1 aromatic rings. The van der Waals surface area contributed by atoms with Gasteiger partial charge >= 0.3 is 0 Å². The van der Waals surface area contributed by atoms with Crippen molar-refractivity contribution in [3.05, 3.63) is 28.2 Å². The van der Waals surface area contributed by atoms with Crippen LogP contribution in [-0.4, -0.2) is 42.2 Å². The Morgan fingerprint density at radius 3 is 3.00 bits per heavy atom. The van der Waals surface area contributed by atoms with Gasteiger partial charge in [0.05, 0.1) is 6.61 Å². The van der Waals surface area contributed by atoms with E-state index >= 15 is 0 Å². The first-order valence-corrected chi connectivity index (χ1v) is 7.45. The highest BCUT2D eigenvalue weighted by molar-refractivity contribution is 9.10. The van der Waals surface area contributed by atoms with Gasteiger partial charge in [-0.2, -0.15) is 0 Å². The van der Waals surface area contributed by atoms with Gasteiger partial charge in [0.15, 0.2) is 0 Å². The van der Waals surface area contributed by atoms with E-state index < -0.39 is 0 Å². The van der Waals surface area contributed by atoms with Crippen LogP contribution in [0.15, 0.2) is 22.7 Å². The fourth-order valence-corrected chi connectivity index (χ4v) is 3.52. The standard InChI is InChI=1S/C14H19BrN2O/c15-12-4-3-11(10-18)14(8-12)17-7-6-16-5-1-2-13(16)9-17/h3-4,8,13,18H,1-2,5-7,9-10H2. The lowest BCUT2D eigenvalue weighted by Crippen LogP contribution is -2.50. The van der Waals surface area contributed by atoms with Crippen LogP contribution in [0.5, 0.6) is 0 Å². The van der Waals surface area contributed by atoms with Gasteiger partial charge in [-0.05, 0) is 31.5 Å². The lowest BCUT2D eigenvalue weighted by atomic mass is 10.1. The van der Waals surface area contributed by atoms with Gasteiger partial charge in [0.2, 0.25) is 0 Å². The average Bonchev–Trinajstić information content (AvgIpc) is 2.85. The van der Waals surface area contributed by atoms with Crippen molar-refractivity contribution in [3.63, 3.8) is 0 Å². The Labute approximate surface area is 117 Å². The minimum Gasteiger partial charge on any atom is -0.392 e. The molecule has 1 N–H and O–H groups in total. The molecule has 0 aromatic heterocycles. The van der Waals surface area contributed by atoms with Gasteiger partial charge in [0.25, 0.3) is 0 Å². The normalized spacial score (nSPS) is 24.3. The van der Waals surface area contributed by atoms with Crippen molar-refractivity contribution in [2.45, 2.75) is 25.5 Å². The molecule has 0 amide bonds. The van der Waals surface area contributed by atoms with Crippen LogP contribution in [0.1, 0.15) is 18.4 Å². The van der Waals surface area contributed by atoms with Gasteiger partial charge in [-0.15, -0.1) is 0 Å². The van der Waals surface area contributed by atoms with E-state index in [2.05, 4.69) is 31.8 Å². The summed E-state index contributed by atoms with van der Waals surface area (Å²) in [5, 5.41) is 9.48. The van der Waals surface area contributed by atoms with E-state index in [0.29, 0.717) is 6.04 Å². The van der Waals surface area contributed by atoms with E-state index in [1.165, 1.54) is 25.1 Å². The monoisotopic (exact) mass is 310 g/mol. The molecule has 1 atom stereocenters. The molecule has 0 spiro atoms. The minimum atomic E-state index is 0.119. The molecule has 0 saturated carbocycles. The first kappa shape index (κ1) is 12.5. The number of piperazine rings is 1. The molecule has 98 valence electrons. The lowest BCUT2D eigenvalue weighted by Gasteiger charge is -2.39. The molecule has 2 aliphatic heterocycles. The van der Waals surface area contributed by atoms with Crippen molar-refractivity contribution in [2.24, 2.45) is 0 Å². The van der Waals surface area contributed by atoms with Crippen LogP contribution in [0.2, 0.25) is 0 Å². The maximum absolute atomic E-state index is 9.48. The summed E-state index contributed by atoms with van der Waals surface area (Å²) in [6, 6.07) is 6.86. The Balaban J connectivity index is 1.84. The molecule has 4 heteroatoms. The highest BCUT2D eigenvalue weighted by atomic mass is 79.9. The lowest BCUT2D eigenvalue weighted by molar-refractivity contribution is 0.230. The largest absolute Gasteiger partial charge is 0.392 e. The Morgan fingerprint density at radius 1 is 1.28 bits per heavy atom. The molecule has 1 aromatic carbocycles. The maximum atomic E-state index is 9.48. The first-order chi connectivity index (χ1) is 8.78. The fourth-order valence-electron chi connectivity index (χ4n) is 3.18. The molecule has 3 rings (SSSR count). The van der Waals surface area contributed by atoms with Crippen molar-refractivity contribution in [1.29, 1.82) is 0 Å². The van der Waals surface area contributed by atoms with E-state index in [1.54, 1.807) is 0 Å². The van der Waals surface area contributed by atoms with Crippen molar-refractivity contribution in [1.82, 2.24) is 4.90 Å². The van der Waals surface area contributed by atoms with Gasteiger partial charge in [0.1, 0.15) is 0 Å². The summed E-state index contributed by atoms with van der Waals surface area (Å²) in [5.74, 6) is 0. The van der Waals surface area contributed by atoms with Gasteiger partial charge in [-0.1, -0.05) is 22.0 Å². The van der Waals surface area contributed by atoms with Crippen molar-refractivity contribution in [2.75, 3.05) is 31.1 Å². The summed E-state index contributed by atoms with van der Waals surface area (Å²) in [5.41, 5.74) is 2.23. The van der Waals surface area contributed by atoms with Crippen molar-refractivity contribution >= 4 is 21.6 Å². The number of hydrogen-bond donors (Lipinski definition) is 1. The third-order valence-corrected chi connectivity index (χ3v) is 4.64. The van der Waals surface area contributed by atoms with Crippen LogP contribution < -0.4 is 4.90 Å². The summed E-state index contributed by atoms with van der Waals surface area (Å²) in [4.78, 5) is 5.04. The minimum absolute atomic E-state index is 0.119.